The number of phenolic OH excluding ortho intramolecular Hbond substituents is 1. The highest BCUT2D eigenvalue weighted by Gasteiger charge is 2.40. The minimum absolute atomic E-state index is 0.241. The Morgan fingerprint density at radius 3 is 2.35 bits per heavy atom. The molecule has 184 valence electrons. The van der Waals surface area contributed by atoms with Crippen molar-refractivity contribution in [1.82, 2.24) is 10.2 Å². The van der Waals surface area contributed by atoms with Crippen LogP contribution in [0.4, 0.5) is 0 Å². The lowest BCUT2D eigenvalue weighted by molar-refractivity contribution is 0.0434. The molecule has 4 atom stereocenters. The molecule has 0 unspecified atom stereocenters. The van der Waals surface area contributed by atoms with Gasteiger partial charge in [-0.3, -0.25) is 4.90 Å². The Labute approximate surface area is 203 Å². The fourth-order valence-corrected chi connectivity index (χ4v) is 6.59. The Kier molecular flexibility index (Phi) is 6.63. The van der Waals surface area contributed by atoms with E-state index < -0.39 is 0 Å². The summed E-state index contributed by atoms with van der Waals surface area (Å²) in [5, 5.41) is 14.1. The van der Waals surface area contributed by atoms with Gasteiger partial charge in [0.25, 0.3) is 0 Å². The molecule has 34 heavy (non-hydrogen) atoms. The van der Waals surface area contributed by atoms with Crippen molar-refractivity contribution in [2.75, 3.05) is 41.0 Å². The van der Waals surface area contributed by atoms with Gasteiger partial charge in [0, 0.05) is 25.2 Å². The minimum Gasteiger partial charge on any atom is -0.504 e. The number of nitrogens with one attached hydrogen (secondary N) is 1. The fraction of sp³-hybridized carbons (Fsp3) is 0.571. The van der Waals surface area contributed by atoms with Crippen LogP contribution in [0.15, 0.2) is 24.3 Å². The van der Waals surface area contributed by atoms with Crippen molar-refractivity contribution in [3.05, 3.63) is 46.5 Å². The third-order valence-electron chi connectivity index (χ3n) is 8.44. The highest BCUT2D eigenvalue weighted by Crippen LogP contribution is 2.47. The van der Waals surface area contributed by atoms with E-state index in [0.29, 0.717) is 23.6 Å². The molecule has 3 aliphatic heterocycles. The van der Waals surface area contributed by atoms with E-state index in [2.05, 4.69) is 29.3 Å². The number of phenols is 1. The molecule has 0 aliphatic carbocycles. The van der Waals surface area contributed by atoms with E-state index in [0.717, 1.165) is 56.8 Å². The van der Waals surface area contributed by atoms with Crippen molar-refractivity contribution < 1.29 is 19.3 Å². The van der Waals surface area contributed by atoms with E-state index in [1.807, 2.05) is 12.1 Å². The summed E-state index contributed by atoms with van der Waals surface area (Å²) in [5.74, 6) is 3.76. The van der Waals surface area contributed by atoms with Crippen LogP contribution in [0.5, 0.6) is 23.0 Å². The van der Waals surface area contributed by atoms with Crippen LogP contribution in [0.25, 0.3) is 0 Å². The third-order valence-corrected chi connectivity index (χ3v) is 8.44. The molecule has 1 saturated heterocycles. The standard InChI is InChI=1S/C28H38N2O4/c1-5-17-16-30-9-7-19-13-27(33-3)28(34-4)15-22(19)24(30)11-20(17)10-23-21-14-26(32-2)25(31)12-18(21)6-8-29-23/h12-15,17,20,23-24,29,31H,5-11,16H2,1-4H3/t17-,20-,23+,24-/m0/s1/i5+1,16+1,17+1. The number of piperidine rings is 1. The topological polar surface area (TPSA) is 63.2 Å². The van der Waals surface area contributed by atoms with Crippen molar-refractivity contribution in [2.45, 2.75) is 51.1 Å². The van der Waals surface area contributed by atoms with Crippen LogP contribution < -0.4 is 19.5 Å². The van der Waals surface area contributed by atoms with Crippen molar-refractivity contribution in [3.63, 3.8) is 0 Å². The molecule has 1 fully saturated rings. The molecule has 3 aliphatic rings. The predicted molar refractivity (Wildman–Crippen MR) is 133 cm³/mol. The van der Waals surface area contributed by atoms with Gasteiger partial charge in [-0.05, 0) is 90.6 Å². The molecule has 0 bridgehead atoms. The number of nitrogens with zero attached hydrogens (tertiary/aromatic N) is 1. The van der Waals surface area contributed by atoms with Gasteiger partial charge >= 0.3 is 0 Å². The average molecular weight is 470 g/mol. The number of ether oxygens (including phenoxy) is 3. The van der Waals surface area contributed by atoms with E-state index in [4.69, 9.17) is 14.2 Å². The minimum atomic E-state index is 0.241. The SMILES string of the molecule is C[13CH2][13C@H]1[13CH2]N2CCc3cc(OC)c(OC)cc3[C@@H]2C[C@@H]1C[C@H]1NCCc2cc(O)c(OC)cc21. The zero-order valence-corrected chi connectivity index (χ0v) is 20.9. The van der Waals surface area contributed by atoms with Crippen LogP contribution in [0.2, 0.25) is 0 Å². The summed E-state index contributed by atoms with van der Waals surface area (Å²) in [7, 11) is 5.06. The molecule has 2 N–H and O–H groups in total. The second-order valence-corrected chi connectivity index (χ2v) is 10.0. The molecular weight excluding hydrogens is 431 g/mol. The number of benzene rings is 2. The molecule has 0 saturated carbocycles. The summed E-state index contributed by atoms with van der Waals surface area (Å²) in [6, 6.07) is 9.06. The predicted octanol–water partition coefficient (Wildman–Crippen LogP) is 4.64. The van der Waals surface area contributed by atoms with Gasteiger partial charge in [0.15, 0.2) is 23.0 Å². The van der Waals surface area contributed by atoms with Gasteiger partial charge in [-0.25, -0.2) is 0 Å². The highest BCUT2D eigenvalue weighted by atomic mass is 16.5. The van der Waals surface area contributed by atoms with E-state index in [1.54, 1.807) is 21.3 Å². The Bertz CT molecular complexity index is 1040. The molecule has 0 amide bonds. The number of methoxy groups -OCH3 is 3. The molecule has 2 aromatic carbocycles. The normalized spacial score (nSPS) is 26.2. The van der Waals surface area contributed by atoms with Crippen LogP contribution in [-0.4, -0.2) is 51.0 Å². The lowest BCUT2D eigenvalue weighted by Crippen LogP contribution is -2.46. The van der Waals surface area contributed by atoms with Gasteiger partial charge < -0.3 is 24.6 Å². The molecule has 5 rings (SSSR count). The van der Waals surface area contributed by atoms with E-state index in [1.165, 1.54) is 28.7 Å². The lowest BCUT2D eigenvalue weighted by Gasteiger charge is -2.48. The number of fused-ring (bicyclic) bond motifs is 4. The van der Waals surface area contributed by atoms with Gasteiger partial charge in [-0.15, -0.1) is 0 Å². The molecule has 0 spiro atoms. The van der Waals surface area contributed by atoms with E-state index in [-0.39, 0.29) is 11.8 Å². The largest absolute Gasteiger partial charge is 0.504 e. The quantitative estimate of drug-likeness (QED) is 0.601. The summed E-state index contributed by atoms with van der Waals surface area (Å²) >= 11 is 0. The Morgan fingerprint density at radius 1 is 0.912 bits per heavy atom. The second kappa shape index (κ2) is 9.67. The van der Waals surface area contributed by atoms with Gasteiger partial charge in [0.1, 0.15) is 0 Å². The van der Waals surface area contributed by atoms with Crippen LogP contribution >= 0.6 is 0 Å². The van der Waals surface area contributed by atoms with Gasteiger partial charge in [-0.1, -0.05) is 13.3 Å². The van der Waals surface area contributed by atoms with E-state index >= 15 is 0 Å². The summed E-state index contributed by atoms with van der Waals surface area (Å²) < 4.78 is 16.7. The van der Waals surface area contributed by atoms with E-state index in [9.17, 15) is 5.11 Å². The Balaban J connectivity index is 1.43. The van der Waals surface area contributed by atoms with Crippen LogP contribution in [0.1, 0.15) is 60.5 Å². The molecule has 6 nitrogen and oxygen atoms in total. The first-order valence-corrected chi connectivity index (χ1v) is 12.7. The Hall–Kier alpha value is -2.44. The second-order valence-electron chi connectivity index (χ2n) is 10.0. The molecule has 0 aromatic heterocycles. The molecule has 2 aromatic rings. The summed E-state index contributed by atoms with van der Waals surface area (Å²) in [4.78, 5) is 2.70. The maximum Gasteiger partial charge on any atom is 0.161 e. The van der Waals surface area contributed by atoms with Crippen LogP contribution in [-0.2, 0) is 12.8 Å². The lowest BCUT2D eigenvalue weighted by atomic mass is 9.82. The van der Waals surface area contributed by atoms with Crippen LogP contribution in [0, 0.1) is 11.8 Å². The van der Waals surface area contributed by atoms with Gasteiger partial charge in [0.2, 0.25) is 0 Å². The monoisotopic (exact) mass is 469 g/mol. The molecule has 3 heterocycles. The smallest absolute Gasteiger partial charge is 0.161 e. The zero-order valence-electron chi connectivity index (χ0n) is 20.9. The molecular formula is C28H38N2O4. The maximum absolute atomic E-state index is 10.3. The average Bonchev–Trinajstić information content (AvgIpc) is 2.87. The van der Waals surface area contributed by atoms with Crippen LogP contribution in [0.3, 0.4) is 0 Å². The van der Waals surface area contributed by atoms with Gasteiger partial charge in [-0.2, -0.15) is 0 Å². The zero-order chi connectivity index (χ0) is 23.8. The highest BCUT2D eigenvalue weighted by molar-refractivity contribution is 5.50. The summed E-state index contributed by atoms with van der Waals surface area (Å²) in [5.41, 5.74) is 5.34. The fourth-order valence-electron chi connectivity index (χ4n) is 6.59. The van der Waals surface area contributed by atoms with Crippen molar-refractivity contribution >= 4 is 0 Å². The number of hydrogen-bond donors (Lipinski definition) is 2. The first-order valence-electron chi connectivity index (χ1n) is 12.7. The molecule has 0 radical (unpaired) electrons. The van der Waals surface area contributed by atoms with Crippen molar-refractivity contribution in [3.8, 4) is 23.0 Å². The summed E-state index contributed by atoms with van der Waals surface area (Å²) in [6.45, 7) is 5.55. The number of hydrogen-bond acceptors (Lipinski definition) is 6. The number of aromatic hydroxyl groups is 1. The maximum atomic E-state index is 10.3. The third kappa shape index (κ3) is 4.11. The number of rotatable bonds is 6. The summed E-state index contributed by atoms with van der Waals surface area (Å²) in [6.07, 6.45) is 5.46. The van der Waals surface area contributed by atoms with Crippen molar-refractivity contribution in [2.24, 2.45) is 11.8 Å². The van der Waals surface area contributed by atoms with Gasteiger partial charge in [0.05, 0.1) is 21.3 Å². The first kappa shape index (κ1) is 23.3. The molecule has 6 heteroatoms. The Morgan fingerprint density at radius 2 is 1.62 bits per heavy atom. The first-order chi connectivity index (χ1) is 16.6. The van der Waals surface area contributed by atoms with Crippen molar-refractivity contribution in [1.29, 1.82) is 0 Å².